The molecule has 1 saturated heterocycles. The van der Waals surface area contributed by atoms with Crippen LogP contribution in [-0.2, 0) is 17.2 Å². The molecule has 0 aliphatic carbocycles. The lowest BCUT2D eigenvalue weighted by Crippen LogP contribution is -2.21. The summed E-state index contributed by atoms with van der Waals surface area (Å²) in [6.07, 6.45) is 6.15. The molecule has 0 aromatic carbocycles. The molecule has 1 aliphatic heterocycles. The monoisotopic (exact) mass is 279 g/mol. The molecule has 1 aliphatic rings. The number of aromatic nitrogens is 3. The van der Waals surface area contributed by atoms with Gasteiger partial charge in [0, 0.05) is 25.3 Å². The molecule has 2 atom stereocenters. The maximum absolute atomic E-state index is 6.02. The highest BCUT2D eigenvalue weighted by atomic mass is 35.5. The molecular formula is C14H18ClN3O. The predicted molar refractivity (Wildman–Crippen MR) is 75.2 cm³/mol. The van der Waals surface area contributed by atoms with E-state index in [9.17, 15) is 0 Å². The van der Waals surface area contributed by atoms with Crippen molar-refractivity contribution >= 4 is 22.6 Å². The van der Waals surface area contributed by atoms with Gasteiger partial charge in [0.25, 0.3) is 0 Å². The highest BCUT2D eigenvalue weighted by Crippen LogP contribution is 2.27. The molecule has 0 amide bonds. The van der Waals surface area contributed by atoms with E-state index < -0.39 is 0 Å². The minimum Gasteiger partial charge on any atom is -0.378 e. The van der Waals surface area contributed by atoms with E-state index in [1.165, 1.54) is 0 Å². The van der Waals surface area contributed by atoms with Gasteiger partial charge in [-0.3, -0.25) is 4.98 Å². The van der Waals surface area contributed by atoms with Crippen molar-refractivity contribution in [1.29, 1.82) is 0 Å². The lowest BCUT2D eigenvalue weighted by atomic mass is 9.99. The van der Waals surface area contributed by atoms with Gasteiger partial charge >= 0.3 is 0 Å². The van der Waals surface area contributed by atoms with Gasteiger partial charge in [0.15, 0.2) is 0 Å². The Morgan fingerprint density at radius 2 is 2.42 bits per heavy atom. The topological polar surface area (TPSA) is 39.9 Å². The summed E-state index contributed by atoms with van der Waals surface area (Å²) in [5.41, 5.74) is 2.04. The van der Waals surface area contributed by atoms with Gasteiger partial charge in [-0.25, -0.2) is 4.98 Å². The Labute approximate surface area is 117 Å². The zero-order valence-corrected chi connectivity index (χ0v) is 11.8. The number of nitrogens with zero attached hydrogens (tertiary/aromatic N) is 3. The summed E-state index contributed by atoms with van der Waals surface area (Å²) in [5, 5.41) is 0. The summed E-state index contributed by atoms with van der Waals surface area (Å²) in [6, 6.07) is 2.01. The highest BCUT2D eigenvalue weighted by Gasteiger charge is 2.28. The quantitative estimate of drug-likeness (QED) is 0.808. The molecule has 1 fully saturated rings. The average Bonchev–Trinajstić information content (AvgIpc) is 3.04. The van der Waals surface area contributed by atoms with E-state index in [0.29, 0.717) is 17.9 Å². The highest BCUT2D eigenvalue weighted by molar-refractivity contribution is 6.16. The molecular weight excluding hydrogens is 262 g/mol. The number of alkyl halides is 1. The van der Waals surface area contributed by atoms with Crippen LogP contribution in [0.25, 0.3) is 11.0 Å². The first-order valence-corrected chi connectivity index (χ1v) is 7.33. The van der Waals surface area contributed by atoms with Crippen LogP contribution in [0.3, 0.4) is 0 Å². The number of ether oxygens (including phenoxy) is 1. The van der Waals surface area contributed by atoms with E-state index in [0.717, 1.165) is 42.9 Å². The van der Waals surface area contributed by atoms with Crippen LogP contribution >= 0.6 is 11.6 Å². The van der Waals surface area contributed by atoms with E-state index in [1.807, 2.05) is 6.07 Å². The van der Waals surface area contributed by atoms with Gasteiger partial charge in [-0.15, -0.1) is 11.6 Å². The smallest absolute Gasteiger partial charge is 0.124 e. The molecule has 5 heteroatoms. The van der Waals surface area contributed by atoms with Gasteiger partial charge in [-0.1, -0.05) is 6.92 Å². The van der Waals surface area contributed by atoms with Crippen molar-refractivity contribution in [3.05, 3.63) is 24.3 Å². The van der Waals surface area contributed by atoms with Crippen molar-refractivity contribution in [3.63, 3.8) is 0 Å². The normalized spacial score (nSPS) is 23.3. The largest absolute Gasteiger partial charge is 0.378 e. The van der Waals surface area contributed by atoms with E-state index in [2.05, 4.69) is 21.5 Å². The van der Waals surface area contributed by atoms with Crippen molar-refractivity contribution in [3.8, 4) is 0 Å². The third kappa shape index (κ3) is 2.35. The minimum absolute atomic E-state index is 0.363. The Morgan fingerprint density at radius 3 is 3.21 bits per heavy atom. The number of halogens is 1. The Kier molecular flexibility index (Phi) is 3.71. The molecule has 102 valence electrons. The Morgan fingerprint density at radius 1 is 1.53 bits per heavy atom. The van der Waals surface area contributed by atoms with E-state index in [4.69, 9.17) is 16.3 Å². The molecule has 3 heterocycles. The van der Waals surface area contributed by atoms with Crippen LogP contribution < -0.4 is 0 Å². The van der Waals surface area contributed by atoms with E-state index >= 15 is 0 Å². The number of hydrogen-bond acceptors (Lipinski definition) is 3. The van der Waals surface area contributed by atoms with Crippen LogP contribution in [0.1, 0.15) is 25.6 Å². The lowest BCUT2D eigenvalue weighted by molar-refractivity contribution is 0.0836. The Hall–Kier alpha value is -1.13. The molecule has 0 saturated carbocycles. The van der Waals surface area contributed by atoms with Crippen LogP contribution in [-0.4, -0.2) is 27.2 Å². The minimum atomic E-state index is 0.363. The summed E-state index contributed by atoms with van der Waals surface area (Å²) in [4.78, 5) is 8.67. The van der Waals surface area contributed by atoms with Crippen LogP contribution in [0.15, 0.2) is 18.5 Å². The van der Waals surface area contributed by atoms with Gasteiger partial charge in [-0.2, -0.15) is 0 Å². The first kappa shape index (κ1) is 12.9. The fourth-order valence-corrected chi connectivity index (χ4v) is 3.13. The van der Waals surface area contributed by atoms with Crippen LogP contribution in [0.4, 0.5) is 0 Å². The second-order valence-corrected chi connectivity index (χ2v) is 5.27. The Balaban J connectivity index is 1.95. The van der Waals surface area contributed by atoms with Crippen molar-refractivity contribution in [1.82, 2.24) is 14.5 Å². The molecule has 3 rings (SSSR count). The fourth-order valence-electron chi connectivity index (χ4n) is 2.92. The SMILES string of the molecule is CCC1OCCC1Cn1c(CCl)nc2cnccc21. The summed E-state index contributed by atoms with van der Waals surface area (Å²) in [6.45, 7) is 3.98. The third-order valence-corrected chi connectivity index (χ3v) is 4.15. The van der Waals surface area contributed by atoms with Crippen molar-refractivity contribution in [2.75, 3.05) is 6.61 Å². The Bertz CT molecular complexity index is 569. The van der Waals surface area contributed by atoms with E-state index in [-0.39, 0.29) is 0 Å². The summed E-state index contributed by atoms with van der Waals surface area (Å²) in [7, 11) is 0. The molecule has 2 aromatic rings. The average molecular weight is 280 g/mol. The first-order valence-electron chi connectivity index (χ1n) is 6.80. The maximum atomic E-state index is 6.02. The molecule has 0 radical (unpaired) electrons. The van der Waals surface area contributed by atoms with Gasteiger partial charge in [0.05, 0.1) is 23.7 Å². The number of imidazole rings is 1. The van der Waals surface area contributed by atoms with Crippen molar-refractivity contribution in [2.45, 2.75) is 38.3 Å². The number of hydrogen-bond donors (Lipinski definition) is 0. The lowest BCUT2D eigenvalue weighted by Gasteiger charge is -2.18. The molecule has 19 heavy (non-hydrogen) atoms. The summed E-state index contributed by atoms with van der Waals surface area (Å²) >= 11 is 6.02. The van der Waals surface area contributed by atoms with Crippen LogP contribution in [0.5, 0.6) is 0 Å². The molecule has 2 aromatic heterocycles. The number of fused-ring (bicyclic) bond motifs is 1. The maximum Gasteiger partial charge on any atom is 0.124 e. The fraction of sp³-hybridized carbons (Fsp3) is 0.571. The van der Waals surface area contributed by atoms with Gasteiger partial charge in [-0.05, 0) is 18.9 Å². The zero-order chi connectivity index (χ0) is 13.2. The summed E-state index contributed by atoms with van der Waals surface area (Å²) in [5.74, 6) is 1.91. The van der Waals surface area contributed by atoms with Crippen LogP contribution in [0.2, 0.25) is 0 Å². The standard InChI is InChI=1S/C14H18ClN3O/c1-2-13-10(4-6-19-13)9-18-12-3-5-16-8-11(12)17-14(18)7-15/h3,5,8,10,13H,2,4,6-7,9H2,1H3. The van der Waals surface area contributed by atoms with Crippen LogP contribution in [0, 0.1) is 5.92 Å². The number of rotatable bonds is 4. The first-order chi connectivity index (χ1) is 9.33. The second-order valence-electron chi connectivity index (χ2n) is 5.00. The van der Waals surface area contributed by atoms with Gasteiger partial charge in [0.1, 0.15) is 11.3 Å². The molecule has 0 spiro atoms. The molecule has 4 nitrogen and oxygen atoms in total. The van der Waals surface area contributed by atoms with Crippen molar-refractivity contribution < 1.29 is 4.74 Å². The summed E-state index contributed by atoms with van der Waals surface area (Å²) < 4.78 is 8.00. The van der Waals surface area contributed by atoms with E-state index in [1.54, 1.807) is 12.4 Å². The predicted octanol–water partition coefficient (Wildman–Crippen LogP) is 2.99. The van der Waals surface area contributed by atoms with Crippen molar-refractivity contribution in [2.24, 2.45) is 5.92 Å². The second kappa shape index (κ2) is 5.47. The van der Waals surface area contributed by atoms with Gasteiger partial charge < -0.3 is 9.30 Å². The number of pyridine rings is 1. The van der Waals surface area contributed by atoms with Gasteiger partial charge in [0.2, 0.25) is 0 Å². The zero-order valence-electron chi connectivity index (χ0n) is 11.1. The molecule has 2 unspecified atom stereocenters. The molecule has 0 bridgehead atoms. The molecule has 0 N–H and O–H groups in total. The third-order valence-electron chi connectivity index (χ3n) is 3.91.